The molecule has 0 aromatic heterocycles. The van der Waals surface area contributed by atoms with Gasteiger partial charge < -0.3 is 10.0 Å². The van der Waals surface area contributed by atoms with Crippen molar-refractivity contribution in [2.24, 2.45) is 5.41 Å². The maximum Gasteiger partial charge on any atom is 0.333 e. The average molecular weight is 227 g/mol. The molecule has 0 spiro atoms. The summed E-state index contributed by atoms with van der Waals surface area (Å²) in [6, 6.07) is 0. The lowest BCUT2D eigenvalue weighted by Crippen LogP contribution is -2.27. The lowest BCUT2D eigenvalue weighted by atomic mass is 9.88. The summed E-state index contributed by atoms with van der Waals surface area (Å²) in [5, 5.41) is 9.10. The monoisotopic (exact) mass is 227 g/mol. The van der Waals surface area contributed by atoms with Gasteiger partial charge in [-0.1, -0.05) is 20.8 Å². The van der Waals surface area contributed by atoms with E-state index in [0.717, 1.165) is 25.2 Å². The molecule has 0 radical (unpaired) electrons. The van der Waals surface area contributed by atoms with E-state index in [1.54, 1.807) is 6.92 Å². The Morgan fingerprint density at radius 1 is 1.19 bits per heavy atom. The SMILES string of the molecule is CCN(CC)/C(CC(C)(C)C)=C(\C)C(=O)O. The first kappa shape index (κ1) is 15.0. The molecule has 0 bridgehead atoms. The molecule has 0 saturated heterocycles. The number of allylic oxidation sites excluding steroid dienone is 1. The van der Waals surface area contributed by atoms with Crippen molar-refractivity contribution in [1.29, 1.82) is 0 Å². The van der Waals surface area contributed by atoms with Crippen LogP contribution in [0.4, 0.5) is 0 Å². The highest BCUT2D eigenvalue weighted by molar-refractivity contribution is 5.86. The second-order valence-electron chi connectivity index (χ2n) is 5.29. The van der Waals surface area contributed by atoms with Crippen LogP contribution in [-0.2, 0) is 4.79 Å². The van der Waals surface area contributed by atoms with Gasteiger partial charge in [0.1, 0.15) is 0 Å². The van der Waals surface area contributed by atoms with Gasteiger partial charge in [0.2, 0.25) is 0 Å². The molecular weight excluding hydrogens is 202 g/mol. The Kier molecular flexibility index (Phi) is 5.56. The highest BCUT2D eigenvalue weighted by atomic mass is 16.4. The van der Waals surface area contributed by atoms with Crippen LogP contribution in [0, 0.1) is 5.41 Å². The number of carboxylic acid groups (broad SMARTS) is 1. The molecule has 0 aliphatic rings. The zero-order valence-corrected chi connectivity index (χ0v) is 11.4. The molecule has 0 aliphatic heterocycles. The molecule has 0 aromatic carbocycles. The van der Waals surface area contributed by atoms with Gasteiger partial charge in [-0.15, -0.1) is 0 Å². The minimum absolute atomic E-state index is 0.106. The van der Waals surface area contributed by atoms with Crippen LogP contribution >= 0.6 is 0 Å². The topological polar surface area (TPSA) is 40.5 Å². The van der Waals surface area contributed by atoms with Crippen molar-refractivity contribution in [3.63, 3.8) is 0 Å². The van der Waals surface area contributed by atoms with E-state index in [-0.39, 0.29) is 5.41 Å². The normalized spacial score (nSPS) is 13.4. The van der Waals surface area contributed by atoms with Crippen molar-refractivity contribution in [2.45, 2.75) is 48.0 Å². The maximum atomic E-state index is 11.1. The quantitative estimate of drug-likeness (QED) is 0.734. The third kappa shape index (κ3) is 4.69. The van der Waals surface area contributed by atoms with E-state index in [9.17, 15) is 4.79 Å². The van der Waals surface area contributed by atoms with Crippen molar-refractivity contribution in [1.82, 2.24) is 4.90 Å². The van der Waals surface area contributed by atoms with Gasteiger partial charge in [0.15, 0.2) is 0 Å². The van der Waals surface area contributed by atoms with E-state index in [2.05, 4.69) is 39.5 Å². The minimum Gasteiger partial charge on any atom is -0.478 e. The predicted molar refractivity (Wildman–Crippen MR) is 67.3 cm³/mol. The van der Waals surface area contributed by atoms with Gasteiger partial charge >= 0.3 is 5.97 Å². The fraction of sp³-hybridized carbons (Fsp3) is 0.769. The fourth-order valence-electron chi connectivity index (χ4n) is 1.71. The summed E-state index contributed by atoms with van der Waals surface area (Å²) in [7, 11) is 0. The summed E-state index contributed by atoms with van der Waals surface area (Å²) in [5.41, 5.74) is 1.54. The zero-order valence-electron chi connectivity index (χ0n) is 11.4. The first-order valence-corrected chi connectivity index (χ1v) is 5.91. The van der Waals surface area contributed by atoms with Crippen molar-refractivity contribution in [3.8, 4) is 0 Å². The molecule has 0 fully saturated rings. The summed E-state index contributed by atoms with van der Waals surface area (Å²) in [6.07, 6.45) is 0.798. The Bertz CT molecular complexity index is 270. The van der Waals surface area contributed by atoms with Crippen LogP contribution in [0.2, 0.25) is 0 Å². The number of carbonyl (C=O) groups is 1. The van der Waals surface area contributed by atoms with Crippen molar-refractivity contribution < 1.29 is 9.90 Å². The highest BCUT2D eigenvalue weighted by Gasteiger charge is 2.20. The lowest BCUT2D eigenvalue weighted by Gasteiger charge is -2.30. The molecule has 0 aliphatic carbocycles. The van der Waals surface area contributed by atoms with Crippen molar-refractivity contribution >= 4 is 5.97 Å². The smallest absolute Gasteiger partial charge is 0.333 e. The average Bonchev–Trinajstić information content (AvgIpc) is 2.15. The van der Waals surface area contributed by atoms with Gasteiger partial charge in [0.05, 0.1) is 5.57 Å². The number of carboxylic acids is 1. The molecule has 0 aromatic rings. The van der Waals surface area contributed by atoms with Crippen molar-refractivity contribution in [2.75, 3.05) is 13.1 Å². The Morgan fingerprint density at radius 2 is 1.62 bits per heavy atom. The molecule has 0 saturated carbocycles. The summed E-state index contributed by atoms with van der Waals surface area (Å²) < 4.78 is 0. The molecule has 0 rings (SSSR count). The van der Waals surface area contributed by atoms with E-state index >= 15 is 0 Å². The molecule has 0 unspecified atom stereocenters. The van der Waals surface area contributed by atoms with Gasteiger partial charge in [-0.3, -0.25) is 0 Å². The first-order valence-electron chi connectivity index (χ1n) is 5.91. The van der Waals surface area contributed by atoms with E-state index in [1.165, 1.54) is 0 Å². The third-order valence-corrected chi connectivity index (χ3v) is 2.60. The standard InChI is InChI=1S/C13H25NO2/c1-7-14(8-2)11(9-13(4,5)6)10(3)12(15)16/h7-9H2,1-6H3,(H,15,16)/b11-10+. The van der Waals surface area contributed by atoms with Gasteiger partial charge in [-0.2, -0.15) is 0 Å². The molecule has 3 nitrogen and oxygen atoms in total. The highest BCUT2D eigenvalue weighted by Crippen LogP contribution is 2.28. The number of nitrogens with zero attached hydrogens (tertiary/aromatic N) is 1. The Labute approximate surface area is 99.1 Å². The molecule has 0 atom stereocenters. The van der Waals surface area contributed by atoms with Gasteiger partial charge in [-0.05, 0) is 32.6 Å². The van der Waals surface area contributed by atoms with Gasteiger partial charge in [0, 0.05) is 18.8 Å². The van der Waals surface area contributed by atoms with E-state index in [0.29, 0.717) is 5.57 Å². The van der Waals surface area contributed by atoms with E-state index in [1.807, 2.05) is 0 Å². The molecule has 3 heteroatoms. The summed E-state index contributed by atoms with van der Waals surface area (Å²) >= 11 is 0. The Hall–Kier alpha value is -0.990. The van der Waals surface area contributed by atoms with Crippen LogP contribution in [0.25, 0.3) is 0 Å². The second kappa shape index (κ2) is 5.92. The predicted octanol–water partition coefficient (Wildman–Crippen LogP) is 3.12. The Morgan fingerprint density at radius 3 is 1.88 bits per heavy atom. The van der Waals surface area contributed by atoms with Crippen molar-refractivity contribution in [3.05, 3.63) is 11.3 Å². The Balaban J connectivity index is 5.21. The van der Waals surface area contributed by atoms with Crippen LogP contribution in [0.1, 0.15) is 48.0 Å². The van der Waals surface area contributed by atoms with Crippen LogP contribution in [0.5, 0.6) is 0 Å². The fourth-order valence-corrected chi connectivity index (χ4v) is 1.71. The van der Waals surface area contributed by atoms with Crippen LogP contribution in [0.3, 0.4) is 0 Å². The molecule has 0 heterocycles. The molecular formula is C13H25NO2. The summed E-state index contributed by atoms with van der Waals surface area (Å²) in [6.45, 7) is 13.9. The maximum absolute atomic E-state index is 11.1. The van der Waals surface area contributed by atoms with Crippen LogP contribution < -0.4 is 0 Å². The largest absolute Gasteiger partial charge is 0.478 e. The zero-order chi connectivity index (χ0) is 12.9. The summed E-state index contributed by atoms with van der Waals surface area (Å²) in [4.78, 5) is 13.2. The number of hydrogen-bond acceptors (Lipinski definition) is 2. The minimum atomic E-state index is -0.814. The lowest BCUT2D eigenvalue weighted by molar-refractivity contribution is -0.132. The molecule has 0 amide bonds. The molecule has 16 heavy (non-hydrogen) atoms. The van der Waals surface area contributed by atoms with E-state index in [4.69, 9.17) is 5.11 Å². The van der Waals surface area contributed by atoms with Gasteiger partial charge in [0.25, 0.3) is 0 Å². The first-order chi connectivity index (χ1) is 7.22. The number of hydrogen-bond donors (Lipinski definition) is 1. The molecule has 94 valence electrons. The van der Waals surface area contributed by atoms with Crippen LogP contribution in [-0.4, -0.2) is 29.1 Å². The molecule has 1 N–H and O–H groups in total. The summed E-state index contributed by atoms with van der Waals surface area (Å²) in [5.74, 6) is -0.814. The number of aliphatic carboxylic acids is 1. The van der Waals surface area contributed by atoms with Crippen LogP contribution in [0.15, 0.2) is 11.3 Å². The number of rotatable bonds is 5. The second-order valence-corrected chi connectivity index (χ2v) is 5.29. The van der Waals surface area contributed by atoms with Gasteiger partial charge in [-0.25, -0.2) is 4.79 Å². The third-order valence-electron chi connectivity index (χ3n) is 2.60. The van der Waals surface area contributed by atoms with E-state index < -0.39 is 5.97 Å².